The van der Waals surface area contributed by atoms with Crippen LogP contribution in [0, 0.1) is 17.3 Å². The number of nitrogens with one attached hydrogen (secondary N) is 4. The third-order valence-corrected chi connectivity index (χ3v) is 13.1. The molecule has 3 aromatic carbocycles. The number of aryl methyl sites for hydroxylation is 2. The van der Waals surface area contributed by atoms with E-state index in [-0.39, 0.29) is 61.7 Å². The normalized spacial score (nSPS) is 16.5. The van der Waals surface area contributed by atoms with Crippen molar-refractivity contribution < 1.29 is 47.5 Å². The third-order valence-electron chi connectivity index (χ3n) is 13.1. The van der Waals surface area contributed by atoms with Gasteiger partial charge < -0.3 is 40.0 Å². The molecule has 4 atom stereocenters. The Morgan fingerprint density at radius 2 is 1.32 bits per heavy atom. The summed E-state index contributed by atoms with van der Waals surface area (Å²) in [6, 6.07) is 20.5. The van der Waals surface area contributed by atoms with E-state index in [2.05, 4.69) is 31.6 Å². The van der Waals surface area contributed by atoms with Crippen molar-refractivity contribution in [1.29, 1.82) is 0 Å². The highest BCUT2D eigenvalue weighted by Gasteiger charge is 2.48. The molecule has 17 heteroatoms. The highest BCUT2D eigenvalue weighted by molar-refractivity contribution is 5.97. The zero-order valence-corrected chi connectivity index (χ0v) is 42.4. The van der Waals surface area contributed by atoms with Crippen LogP contribution in [0.3, 0.4) is 0 Å². The van der Waals surface area contributed by atoms with Crippen LogP contribution in [-0.4, -0.2) is 112 Å². The van der Waals surface area contributed by atoms with Gasteiger partial charge in [-0.25, -0.2) is 0 Å². The van der Waals surface area contributed by atoms with Crippen molar-refractivity contribution in [3.05, 3.63) is 107 Å². The summed E-state index contributed by atoms with van der Waals surface area (Å²) >= 11 is 0. The molecule has 6 rings (SSSR count). The molecule has 0 spiro atoms. The first kappa shape index (κ1) is 53.9. The Bertz CT molecular complexity index is 2430. The molecule has 1 aromatic heterocycles. The summed E-state index contributed by atoms with van der Waals surface area (Å²) in [6.45, 7) is 13.5. The van der Waals surface area contributed by atoms with Crippen LogP contribution in [0.25, 0.3) is 0 Å². The van der Waals surface area contributed by atoms with E-state index in [0.717, 1.165) is 29.5 Å². The van der Waals surface area contributed by atoms with Crippen LogP contribution in [0.15, 0.2) is 85.1 Å². The number of carbonyl (C=O) groups excluding carboxylic acids is 6. The van der Waals surface area contributed by atoms with Gasteiger partial charge in [0.15, 0.2) is 23.8 Å². The number of carbonyl (C=O) groups is 6. The zero-order valence-electron chi connectivity index (χ0n) is 42.4. The summed E-state index contributed by atoms with van der Waals surface area (Å²) in [5.41, 5.74) is 2.73. The largest absolute Gasteiger partial charge is 0.483 e. The minimum Gasteiger partial charge on any atom is -0.483 e. The molecule has 0 radical (unpaired) electrons. The fraction of sp³-hybridized carbons (Fsp3) is 0.519. The van der Waals surface area contributed by atoms with Crippen molar-refractivity contribution in [2.45, 2.75) is 124 Å². The van der Waals surface area contributed by atoms with Crippen LogP contribution in [0.2, 0.25) is 0 Å². The first-order chi connectivity index (χ1) is 33.9. The number of hydrogen-bond donors (Lipinski definition) is 4. The highest BCUT2D eigenvalue weighted by Crippen LogP contribution is 2.47. The Morgan fingerprint density at radius 1 is 0.732 bits per heavy atom. The van der Waals surface area contributed by atoms with Gasteiger partial charge in [-0.1, -0.05) is 100 Å². The fourth-order valence-electron chi connectivity index (χ4n) is 9.01. The van der Waals surface area contributed by atoms with E-state index in [1.54, 1.807) is 30.1 Å². The Balaban J connectivity index is 1.20. The number of benzene rings is 3. The molecule has 1 aliphatic heterocycles. The first-order valence-corrected chi connectivity index (χ1v) is 24.9. The quantitative estimate of drug-likeness (QED) is 0.0376. The van der Waals surface area contributed by atoms with Crippen molar-refractivity contribution in [1.82, 2.24) is 36.3 Å². The molecule has 4 aromatic rings. The third kappa shape index (κ3) is 16.6. The molecule has 0 unspecified atom stereocenters. The van der Waals surface area contributed by atoms with E-state index in [1.165, 1.54) is 6.92 Å². The van der Waals surface area contributed by atoms with Crippen LogP contribution >= 0.6 is 0 Å². The maximum absolute atomic E-state index is 14.6. The number of esters is 1. The van der Waals surface area contributed by atoms with Crippen LogP contribution < -0.4 is 30.7 Å². The zero-order chi connectivity index (χ0) is 51.1. The lowest BCUT2D eigenvalue weighted by atomic mass is 9.91. The smallest absolute Gasteiger partial charge is 0.308 e. The number of amides is 4. The second kappa shape index (κ2) is 25.1. The molecule has 4 N–H and O–H groups in total. The lowest BCUT2D eigenvalue weighted by molar-refractivity contribution is -0.940. The fourth-order valence-corrected chi connectivity index (χ4v) is 9.01. The number of aromatic nitrogens is 3. The van der Waals surface area contributed by atoms with Crippen molar-refractivity contribution in [2.75, 3.05) is 32.8 Å². The second-order valence-electron chi connectivity index (χ2n) is 20.5. The summed E-state index contributed by atoms with van der Waals surface area (Å²) in [7, 11) is 1.75. The first-order valence-electron chi connectivity index (χ1n) is 24.9. The summed E-state index contributed by atoms with van der Waals surface area (Å²) in [5, 5.41) is 20.1. The van der Waals surface area contributed by atoms with E-state index in [0.29, 0.717) is 61.6 Å². The molecule has 0 bridgehead atoms. The maximum Gasteiger partial charge on any atom is 0.308 e. The van der Waals surface area contributed by atoms with Crippen molar-refractivity contribution >= 4 is 35.4 Å². The lowest BCUT2D eigenvalue weighted by Crippen LogP contribution is -2.61. The van der Waals surface area contributed by atoms with Crippen molar-refractivity contribution in [3.63, 3.8) is 0 Å². The molecule has 2 fully saturated rings. The van der Waals surface area contributed by atoms with Gasteiger partial charge in [-0.05, 0) is 79.7 Å². The van der Waals surface area contributed by atoms with Gasteiger partial charge in [0.05, 0.1) is 25.5 Å². The minimum atomic E-state index is -1.05. The standard InChI is InChI=1S/C54H72N8O9/c1-36(2)28-44(50(65)54(6)22-23-54)56-53(68)46(30-40-16-12-9-13-17-40)58-52(67)45(29-37(3)4)57-51(66)43(20-18-39-14-10-8-11-15-39)55-49(64)34-62(24-26-69-27-25-62)33-41-19-21-47(71-38(5)63)48(31-41)70-35-42-32-61(7)60-59-42/h8-17,19,21,31-32,36-37,43-46H,18,20,22-30,33-35H2,1-7H3,(H3-,55,56,57,58,64,66,67,68)/p+1/t43-,44-,45-,46-/m0/s1. The Kier molecular flexibility index (Phi) is 19.0. The van der Waals surface area contributed by atoms with Gasteiger partial charge >= 0.3 is 5.97 Å². The van der Waals surface area contributed by atoms with E-state index in [4.69, 9.17) is 14.2 Å². The molecular formula is C54H73N8O9+. The van der Waals surface area contributed by atoms with E-state index < -0.39 is 53.3 Å². The molecule has 2 heterocycles. The highest BCUT2D eigenvalue weighted by atomic mass is 16.6. The molecule has 1 saturated carbocycles. The number of ketones is 1. The summed E-state index contributed by atoms with van der Waals surface area (Å²) < 4.78 is 19.2. The predicted octanol–water partition coefficient (Wildman–Crippen LogP) is 4.94. The Morgan fingerprint density at radius 3 is 1.93 bits per heavy atom. The van der Waals surface area contributed by atoms with Gasteiger partial charge in [-0.15, -0.1) is 5.10 Å². The van der Waals surface area contributed by atoms with Crippen molar-refractivity contribution in [3.8, 4) is 11.5 Å². The minimum absolute atomic E-state index is 0.00340. The molecule has 17 nitrogen and oxygen atoms in total. The molecule has 71 heavy (non-hydrogen) atoms. The monoisotopic (exact) mass is 978 g/mol. The average Bonchev–Trinajstić information content (AvgIpc) is 3.95. The average molecular weight is 978 g/mol. The number of ether oxygens (including phenoxy) is 3. The van der Waals surface area contributed by atoms with Crippen LogP contribution in [-0.2, 0) is 66.5 Å². The van der Waals surface area contributed by atoms with E-state index >= 15 is 0 Å². The molecule has 1 saturated heterocycles. The maximum atomic E-state index is 14.6. The molecule has 1 aliphatic carbocycles. The number of morpholine rings is 1. The molecule has 2 aliphatic rings. The Labute approximate surface area is 417 Å². The lowest BCUT2D eigenvalue weighted by Gasteiger charge is -2.41. The van der Waals surface area contributed by atoms with Gasteiger partial charge in [0.1, 0.15) is 50.1 Å². The summed E-state index contributed by atoms with van der Waals surface area (Å²) in [4.78, 5) is 83.4. The van der Waals surface area contributed by atoms with E-state index in [9.17, 15) is 28.8 Å². The van der Waals surface area contributed by atoms with Crippen LogP contribution in [0.1, 0.15) is 96.0 Å². The topological polar surface area (TPSA) is 209 Å². The van der Waals surface area contributed by atoms with Gasteiger partial charge in [0, 0.05) is 31.4 Å². The second-order valence-corrected chi connectivity index (χ2v) is 20.5. The summed E-state index contributed by atoms with van der Waals surface area (Å²) in [5.74, 6) is -1.73. The number of quaternary nitrogens is 1. The van der Waals surface area contributed by atoms with Crippen LogP contribution in [0.5, 0.6) is 11.5 Å². The van der Waals surface area contributed by atoms with Gasteiger partial charge in [0.25, 0.3) is 5.91 Å². The molecule has 382 valence electrons. The van der Waals surface area contributed by atoms with Gasteiger partial charge in [0.2, 0.25) is 17.7 Å². The Hall–Kier alpha value is -6.46. The number of nitrogens with zero attached hydrogens (tertiary/aromatic N) is 4. The van der Waals surface area contributed by atoms with Gasteiger partial charge in [-0.2, -0.15) is 0 Å². The number of hydrogen-bond acceptors (Lipinski definition) is 11. The number of Topliss-reactive ketones (excluding diaryl/α,β-unsaturated/α-hetero) is 1. The predicted molar refractivity (Wildman–Crippen MR) is 266 cm³/mol. The molecule has 4 amide bonds. The summed E-state index contributed by atoms with van der Waals surface area (Å²) in [6.07, 6.45) is 4.87. The van der Waals surface area contributed by atoms with Crippen molar-refractivity contribution in [2.24, 2.45) is 24.3 Å². The SMILES string of the molecule is CC(=O)Oc1ccc(C[N+]2(CC(=O)N[C@@H](CCc3ccccc3)C(=O)N[C@@H](CC(C)C)C(=O)N[C@@H](Cc3ccccc3)C(=O)N[C@@H](CC(C)C)C(=O)C3(C)CC3)CCOCC2)cc1OCc1cn(C)nn1. The van der Waals surface area contributed by atoms with Crippen LogP contribution in [0.4, 0.5) is 0 Å². The van der Waals surface area contributed by atoms with E-state index in [1.807, 2.05) is 101 Å². The number of rotatable bonds is 26. The van der Waals surface area contributed by atoms with Gasteiger partial charge in [-0.3, -0.25) is 33.4 Å². The molecular weight excluding hydrogens is 905 g/mol.